The van der Waals surface area contributed by atoms with Crippen LogP contribution in [0.5, 0.6) is 0 Å². The van der Waals surface area contributed by atoms with E-state index in [4.69, 9.17) is 4.74 Å². The number of thioether (sulfide) groups is 1. The van der Waals surface area contributed by atoms with Crippen molar-refractivity contribution >= 4 is 29.4 Å². The number of esters is 1. The molecule has 0 saturated heterocycles. The zero-order valence-electron chi connectivity index (χ0n) is 19.4. The van der Waals surface area contributed by atoms with Crippen LogP contribution in [0.25, 0.3) is 0 Å². The molecule has 34 heavy (non-hydrogen) atoms. The lowest BCUT2D eigenvalue weighted by Crippen LogP contribution is -2.29. The monoisotopic (exact) mass is 479 g/mol. The summed E-state index contributed by atoms with van der Waals surface area (Å²) in [6, 6.07) is 11.8. The standard InChI is InChI=1S/C24H25N5O4S/c1-5-33-22(30)20-16(4)25-23-26-24(34-13-18-7-6-14(2)12-15(18)3)27-28(23)21(20)17-8-10-19(11-9-17)29(31)32/h6-12,21H,5,13H2,1-4H3,(H,25,26,27)/t21-/m0/s1. The van der Waals surface area contributed by atoms with Gasteiger partial charge >= 0.3 is 5.97 Å². The molecule has 10 heteroatoms. The molecule has 0 radical (unpaired) electrons. The maximum absolute atomic E-state index is 12.9. The number of hydrogen-bond acceptors (Lipinski definition) is 8. The molecule has 0 amide bonds. The molecular formula is C24H25N5O4S. The number of nitrogens with one attached hydrogen (secondary N) is 1. The molecule has 1 N–H and O–H groups in total. The molecule has 0 aliphatic carbocycles. The van der Waals surface area contributed by atoms with Gasteiger partial charge in [0.1, 0.15) is 6.04 Å². The van der Waals surface area contributed by atoms with E-state index >= 15 is 0 Å². The zero-order chi connectivity index (χ0) is 24.4. The second-order valence-electron chi connectivity index (χ2n) is 8.02. The molecule has 4 rings (SSSR count). The van der Waals surface area contributed by atoms with Crippen LogP contribution in [-0.4, -0.2) is 32.3 Å². The van der Waals surface area contributed by atoms with Crippen molar-refractivity contribution in [3.63, 3.8) is 0 Å². The highest BCUT2D eigenvalue weighted by molar-refractivity contribution is 7.98. The minimum absolute atomic E-state index is 0.0282. The first-order valence-corrected chi connectivity index (χ1v) is 11.8. The summed E-state index contributed by atoms with van der Waals surface area (Å²) < 4.78 is 6.95. The second-order valence-corrected chi connectivity index (χ2v) is 8.96. The van der Waals surface area contributed by atoms with E-state index in [1.165, 1.54) is 40.6 Å². The van der Waals surface area contributed by atoms with Crippen molar-refractivity contribution < 1.29 is 14.5 Å². The lowest BCUT2D eigenvalue weighted by molar-refractivity contribution is -0.384. The van der Waals surface area contributed by atoms with Crippen LogP contribution in [0.1, 0.15) is 42.1 Å². The predicted octanol–water partition coefficient (Wildman–Crippen LogP) is 4.95. The van der Waals surface area contributed by atoms with Crippen molar-refractivity contribution in [1.29, 1.82) is 0 Å². The van der Waals surface area contributed by atoms with Gasteiger partial charge in [-0.05, 0) is 56.5 Å². The molecule has 0 fully saturated rings. The Morgan fingerprint density at radius 3 is 2.59 bits per heavy atom. The summed E-state index contributed by atoms with van der Waals surface area (Å²) >= 11 is 1.50. The van der Waals surface area contributed by atoms with E-state index in [0.29, 0.717) is 33.7 Å². The van der Waals surface area contributed by atoms with Crippen molar-refractivity contribution in [2.45, 2.75) is 44.6 Å². The molecule has 0 bridgehead atoms. The molecule has 0 unspecified atom stereocenters. The Kier molecular flexibility index (Phi) is 6.69. The van der Waals surface area contributed by atoms with Gasteiger partial charge in [0.15, 0.2) is 0 Å². The zero-order valence-corrected chi connectivity index (χ0v) is 20.2. The van der Waals surface area contributed by atoms with Crippen molar-refractivity contribution in [3.8, 4) is 0 Å². The number of nitro benzene ring substituents is 1. The Hall–Kier alpha value is -3.66. The number of rotatable bonds is 7. The average Bonchev–Trinajstić information content (AvgIpc) is 3.20. The number of carbonyl (C=O) groups excluding carboxylic acids is 1. The third-order valence-electron chi connectivity index (χ3n) is 5.60. The SMILES string of the molecule is CCOC(=O)C1=C(C)Nc2nc(SCc3ccc(C)cc3C)nn2[C@H]1c1ccc([N+](=O)[O-])cc1. The lowest BCUT2D eigenvalue weighted by atomic mass is 9.95. The van der Waals surface area contributed by atoms with Crippen molar-refractivity contribution in [3.05, 3.63) is 86.1 Å². The lowest BCUT2D eigenvalue weighted by Gasteiger charge is -2.28. The smallest absolute Gasteiger partial charge is 0.338 e. The summed E-state index contributed by atoms with van der Waals surface area (Å²) in [4.78, 5) is 28.2. The fourth-order valence-corrected chi connectivity index (χ4v) is 4.81. The number of anilines is 1. The summed E-state index contributed by atoms with van der Waals surface area (Å²) in [5.74, 6) is 0.730. The molecule has 176 valence electrons. The van der Waals surface area contributed by atoms with Gasteiger partial charge in [-0.2, -0.15) is 4.98 Å². The molecule has 0 spiro atoms. The predicted molar refractivity (Wildman–Crippen MR) is 130 cm³/mol. The average molecular weight is 480 g/mol. The van der Waals surface area contributed by atoms with Gasteiger partial charge in [-0.25, -0.2) is 9.48 Å². The minimum Gasteiger partial charge on any atom is -0.463 e. The molecule has 2 heterocycles. The van der Waals surface area contributed by atoms with Gasteiger partial charge in [-0.15, -0.1) is 5.10 Å². The number of aromatic nitrogens is 3. The number of nitro groups is 1. The Labute approximate surface area is 201 Å². The summed E-state index contributed by atoms with van der Waals surface area (Å²) in [5.41, 5.74) is 5.26. The van der Waals surface area contributed by atoms with Crippen LogP contribution in [-0.2, 0) is 15.3 Å². The fraction of sp³-hybridized carbons (Fsp3) is 0.292. The Morgan fingerprint density at radius 1 is 1.21 bits per heavy atom. The molecule has 1 aliphatic heterocycles. The number of non-ortho nitro benzene ring substituents is 1. The number of hydrogen-bond donors (Lipinski definition) is 1. The maximum Gasteiger partial charge on any atom is 0.338 e. The first-order chi connectivity index (χ1) is 16.3. The summed E-state index contributed by atoms with van der Waals surface area (Å²) in [7, 11) is 0. The number of nitrogens with zero attached hydrogens (tertiary/aromatic N) is 4. The van der Waals surface area contributed by atoms with Gasteiger partial charge in [-0.3, -0.25) is 10.1 Å². The van der Waals surface area contributed by atoms with Crippen LogP contribution in [0.15, 0.2) is 58.9 Å². The second kappa shape index (κ2) is 9.68. The van der Waals surface area contributed by atoms with Gasteiger partial charge < -0.3 is 10.1 Å². The van der Waals surface area contributed by atoms with E-state index in [0.717, 1.165) is 0 Å². The third kappa shape index (κ3) is 4.67. The van der Waals surface area contributed by atoms with Gasteiger partial charge in [0.25, 0.3) is 5.69 Å². The van der Waals surface area contributed by atoms with Gasteiger partial charge in [0.2, 0.25) is 11.1 Å². The van der Waals surface area contributed by atoms with E-state index in [2.05, 4.69) is 47.4 Å². The molecular weight excluding hydrogens is 454 g/mol. The topological polar surface area (TPSA) is 112 Å². The van der Waals surface area contributed by atoms with E-state index in [9.17, 15) is 14.9 Å². The van der Waals surface area contributed by atoms with E-state index in [-0.39, 0.29) is 12.3 Å². The molecule has 1 aromatic heterocycles. The van der Waals surface area contributed by atoms with Crippen molar-refractivity contribution in [2.24, 2.45) is 0 Å². The van der Waals surface area contributed by atoms with Crippen molar-refractivity contribution in [1.82, 2.24) is 14.8 Å². The van der Waals surface area contributed by atoms with Crippen molar-refractivity contribution in [2.75, 3.05) is 11.9 Å². The van der Waals surface area contributed by atoms with Crippen LogP contribution in [0.4, 0.5) is 11.6 Å². The van der Waals surface area contributed by atoms with Crippen LogP contribution < -0.4 is 5.32 Å². The van der Waals surface area contributed by atoms with Crippen LogP contribution >= 0.6 is 11.8 Å². The molecule has 1 atom stereocenters. The maximum atomic E-state index is 12.9. The number of carbonyl (C=O) groups is 1. The highest BCUT2D eigenvalue weighted by Crippen LogP contribution is 2.37. The number of fused-ring (bicyclic) bond motifs is 1. The number of benzene rings is 2. The Balaban J connectivity index is 1.69. The first kappa shape index (κ1) is 23.5. The van der Waals surface area contributed by atoms with Gasteiger partial charge in [-0.1, -0.05) is 35.5 Å². The third-order valence-corrected chi connectivity index (χ3v) is 6.49. The fourth-order valence-electron chi connectivity index (χ4n) is 3.90. The molecule has 2 aromatic carbocycles. The Morgan fingerprint density at radius 2 is 1.94 bits per heavy atom. The van der Waals surface area contributed by atoms with E-state index in [1.807, 2.05) is 0 Å². The van der Waals surface area contributed by atoms with E-state index < -0.39 is 16.9 Å². The largest absolute Gasteiger partial charge is 0.463 e. The highest BCUT2D eigenvalue weighted by atomic mass is 32.2. The summed E-state index contributed by atoms with van der Waals surface area (Å²) in [5, 5.41) is 19.5. The van der Waals surface area contributed by atoms with Crippen LogP contribution in [0.2, 0.25) is 0 Å². The highest BCUT2D eigenvalue weighted by Gasteiger charge is 2.35. The molecule has 3 aromatic rings. The minimum atomic E-state index is -0.626. The van der Waals surface area contributed by atoms with Gasteiger partial charge in [0, 0.05) is 23.6 Å². The normalized spacial score (nSPS) is 15.0. The number of aryl methyl sites for hydroxylation is 2. The Bertz CT molecular complexity index is 1280. The molecule has 9 nitrogen and oxygen atoms in total. The number of ether oxygens (including phenoxy) is 1. The van der Waals surface area contributed by atoms with Gasteiger partial charge in [0.05, 0.1) is 17.1 Å². The summed E-state index contributed by atoms with van der Waals surface area (Å²) in [6.45, 7) is 7.90. The van der Waals surface area contributed by atoms with Crippen LogP contribution in [0.3, 0.4) is 0 Å². The quantitative estimate of drug-likeness (QED) is 0.219. The molecule has 0 saturated carbocycles. The first-order valence-electron chi connectivity index (χ1n) is 10.8. The number of allylic oxidation sites excluding steroid dienone is 1. The molecule has 1 aliphatic rings. The van der Waals surface area contributed by atoms with E-state index in [1.54, 1.807) is 30.7 Å². The van der Waals surface area contributed by atoms with Crippen LogP contribution in [0, 0.1) is 24.0 Å². The summed E-state index contributed by atoms with van der Waals surface area (Å²) in [6.07, 6.45) is 0.